The third-order valence-corrected chi connectivity index (χ3v) is 4.53. The Hall–Kier alpha value is -0.120. The van der Waals surface area contributed by atoms with Crippen molar-refractivity contribution < 1.29 is 4.74 Å². The second-order valence-corrected chi connectivity index (χ2v) is 5.60. The molecule has 0 aromatic heterocycles. The van der Waals surface area contributed by atoms with Crippen LogP contribution in [0, 0.1) is 5.92 Å². The van der Waals surface area contributed by atoms with Crippen molar-refractivity contribution in [3.63, 3.8) is 0 Å². The van der Waals surface area contributed by atoms with E-state index in [0.29, 0.717) is 6.04 Å². The summed E-state index contributed by atoms with van der Waals surface area (Å²) in [6.07, 6.45) is 5.05. The molecule has 2 heterocycles. The molecule has 2 saturated heterocycles. The summed E-state index contributed by atoms with van der Waals surface area (Å²) in [6.45, 7) is 10.3. The number of hydrogen-bond acceptors (Lipinski definition) is 3. The zero-order chi connectivity index (χ0) is 12.1. The minimum atomic E-state index is 0.694. The fourth-order valence-corrected chi connectivity index (χ4v) is 3.17. The number of ether oxygens (including phenoxy) is 1. The van der Waals surface area contributed by atoms with Crippen LogP contribution in [0.1, 0.15) is 39.5 Å². The number of hydrogen-bond donors (Lipinski definition) is 1. The summed E-state index contributed by atoms with van der Waals surface area (Å²) in [7, 11) is 0. The van der Waals surface area contributed by atoms with Gasteiger partial charge in [-0.3, -0.25) is 4.90 Å². The molecule has 2 fully saturated rings. The first-order valence-corrected chi connectivity index (χ1v) is 7.36. The summed E-state index contributed by atoms with van der Waals surface area (Å²) < 4.78 is 5.47. The van der Waals surface area contributed by atoms with Crippen LogP contribution >= 0.6 is 0 Å². The highest BCUT2D eigenvalue weighted by Crippen LogP contribution is 2.23. The Morgan fingerprint density at radius 3 is 2.82 bits per heavy atom. The van der Waals surface area contributed by atoms with Crippen molar-refractivity contribution in [2.24, 2.45) is 5.92 Å². The third-order valence-electron chi connectivity index (χ3n) is 4.53. The van der Waals surface area contributed by atoms with Crippen molar-refractivity contribution >= 4 is 0 Å². The maximum atomic E-state index is 5.47. The fourth-order valence-electron chi connectivity index (χ4n) is 3.17. The topological polar surface area (TPSA) is 24.5 Å². The minimum Gasteiger partial charge on any atom is -0.381 e. The van der Waals surface area contributed by atoms with Gasteiger partial charge in [0, 0.05) is 31.8 Å². The first kappa shape index (κ1) is 13.3. The van der Waals surface area contributed by atoms with Gasteiger partial charge in [0.1, 0.15) is 0 Å². The molecule has 0 radical (unpaired) electrons. The Bertz CT molecular complexity index is 216. The molecule has 0 bridgehead atoms. The van der Waals surface area contributed by atoms with Gasteiger partial charge in [0.15, 0.2) is 0 Å². The Kier molecular flexibility index (Phi) is 5.26. The van der Waals surface area contributed by atoms with Crippen LogP contribution in [0.15, 0.2) is 0 Å². The van der Waals surface area contributed by atoms with E-state index in [1.807, 2.05) is 0 Å². The number of rotatable bonds is 3. The molecular weight excluding hydrogens is 212 g/mol. The molecule has 2 atom stereocenters. The van der Waals surface area contributed by atoms with Gasteiger partial charge < -0.3 is 10.1 Å². The molecular formula is C14H28N2O. The van der Waals surface area contributed by atoms with E-state index in [2.05, 4.69) is 24.1 Å². The summed E-state index contributed by atoms with van der Waals surface area (Å²) in [5.41, 5.74) is 0. The van der Waals surface area contributed by atoms with E-state index in [-0.39, 0.29) is 0 Å². The van der Waals surface area contributed by atoms with Gasteiger partial charge in [-0.25, -0.2) is 0 Å². The second kappa shape index (κ2) is 6.72. The average Bonchev–Trinajstić information content (AvgIpc) is 2.64. The fraction of sp³-hybridized carbons (Fsp3) is 1.00. The first-order chi connectivity index (χ1) is 8.31. The molecule has 17 heavy (non-hydrogen) atoms. The summed E-state index contributed by atoms with van der Waals surface area (Å²) in [6, 6.07) is 1.42. The summed E-state index contributed by atoms with van der Waals surface area (Å²) >= 11 is 0. The van der Waals surface area contributed by atoms with E-state index in [0.717, 1.165) is 25.2 Å². The molecule has 2 unspecified atom stereocenters. The van der Waals surface area contributed by atoms with Gasteiger partial charge >= 0.3 is 0 Å². The molecule has 0 amide bonds. The van der Waals surface area contributed by atoms with Crippen LogP contribution in [0.4, 0.5) is 0 Å². The van der Waals surface area contributed by atoms with Crippen molar-refractivity contribution in [2.45, 2.75) is 51.6 Å². The molecule has 3 heteroatoms. The highest BCUT2D eigenvalue weighted by Gasteiger charge is 2.27. The standard InChI is InChI=1S/C14H28N2O/c1-3-14-11-16(8-4-7-15-14)12(2)13-5-9-17-10-6-13/h12-15H,3-11H2,1-2H3. The minimum absolute atomic E-state index is 0.694. The van der Waals surface area contributed by atoms with Gasteiger partial charge in [-0.05, 0) is 51.6 Å². The third kappa shape index (κ3) is 3.67. The number of nitrogens with zero attached hydrogens (tertiary/aromatic N) is 1. The molecule has 2 rings (SSSR count). The van der Waals surface area contributed by atoms with Gasteiger partial charge in [-0.15, -0.1) is 0 Å². The summed E-state index contributed by atoms with van der Waals surface area (Å²) in [5, 5.41) is 3.65. The molecule has 2 aliphatic rings. The maximum Gasteiger partial charge on any atom is 0.0469 e. The molecule has 100 valence electrons. The van der Waals surface area contributed by atoms with Crippen LogP contribution in [0.5, 0.6) is 0 Å². The largest absolute Gasteiger partial charge is 0.381 e. The van der Waals surface area contributed by atoms with E-state index < -0.39 is 0 Å². The molecule has 2 aliphatic heterocycles. The Labute approximate surface area is 106 Å². The monoisotopic (exact) mass is 240 g/mol. The van der Waals surface area contributed by atoms with E-state index in [4.69, 9.17) is 4.74 Å². The quantitative estimate of drug-likeness (QED) is 0.815. The first-order valence-electron chi connectivity index (χ1n) is 7.36. The zero-order valence-corrected chi connectivity index (χ0v) is 11.5. The van der Waals surface area contributed by atoms with Crippen LogP contribution in [-0.2, 0) is 4.74 Å². The molecule has 1 N–H and O–H groups in total. The average molecular weight is 240 g/mol. The second-order valence-electron chi connectivity index (χ2n) is 5.60. The molecule has 0 aromatic rings. The van der Waals surface area contributed by atoms with E-state index in [1.54, 1.807) is 0 Å². The molecule has 0 aromatic carbocycles. The molecule has 0 saturated carbocycles. The highest BCUT2D eigenvalue weighted by atomic mass is 16.5. The predicted molar refractivity (Wildman–Crippen MR) is 71.3 cm³/mol. The van der Waals surface area contributed by atoms with Gasteiger partial charge in [-0.1, -0.05) is 6.92 Å². The lowest BCUT2D eigenvalue weighted by molar-refractivity contribution is 0.0297. The normalized spacial score (nSPS) is 31.1. The molecule has 3 nitrogen and oxygen atoms in total. The van der Waals surface area contributed by atoms with Crippen molar-refractivity contribution in [1.29, 1.82) is 0 Å². The van der Waals surface area contributed by atoms with E-state index >= 15 is 0 Å². The smallest absolute Gasteiger partial charge is 0.0469 e. The van der Waals surface area contributed by atoms with Crippen molar-refractivity contribution in [3.05, 3.63) is 0 Å². The summed E-state index contributed by atoms with van der Waals surface area (Å²) in [5.74, 6) is 0.847. The van der Waals surface area contributed by atoms with Crippen LogP contribution in [-0.4, -0.2) is 49.8 Å². The van der Waals surface area contributed by atoms with Crippen molar-refractivity contribution in [3.8, 4) is 0 Å². The van der Waals surface area contributed by atoms with Gasteiger partial charge in [-0.2, -0.15) is 0 Å². The lowest BCUT2D eigenvalue weighted by atomic mass is 9.91. The Morgan fingerprint density at radius 2 is 2.12 bits per heavy atom. The zero-order valence-electron chi connectivity index (χ0n) is 11.5. The van der Waals surface area contributed by atoms with Crippen LogP contribution in [0.3, 0.4) is 0 Å². The molecule has 0 spiro atoms. The lowest BCUT2D eigenvalue weighted by Crippen LogP contribution is -2.45. The van der Waals surface area contributed by atoms with Crippen molar-refractivity contribution in [1.82, 2.24) is 10.2 Å². The van der Waals surface area contributed by atoms with Gasteiger partial charge in [0.25, 0.3) is 0 Å². The van der Waals surface area contributed by atoms with Gasteiger partial charge in [0.2, 0.25) is 0 Å². The SMILES string of the molecule is CCC1CN(C(C)C2CCOCC2)CCCN1. The Morgan fingerprint density at radius 1 is 1.35 bits per heavy atom. The Balaban J connectivity index is 1.89. The lowest BCUT2D eigenvalue weighted by Gasteiger charge is -2.37. The van der Waals surface area contributed by atoms with E-state index in [9.17, 15) is 0 Å². The van der Waals surface area contributed by atoms with Crippen LogP contribution in [0.2, 0.25) is 0 Å². The van der Waals surface area contributed by atoms with Crippen molar-refractivity contribution in [2.75, 3.05) is 32.8 Å². The maximum absolute atomic E-state index is 5.47. The number of nitrogens with one attached hydrogen (secondary N) is 1. The van der Waals surface area contributed by atoms with Crippen LogP contribution < -0.4 is 5.32 Å². The van der Waals surface area contributed by atoms with E-state index in [1.165, 1.54) is 45.3 Å². The highest BCUT2D eigenvalue weighted by molar-refractivity contribution is 4.83. The summed E-state index contributed by atoms with van der Waals surface area (Å²) in [4.78, 5) is 2.71. The van der Waals surface area contributed by atoms with Gasteiger partial charge in [0.05, 0.1) is 0 Å². The molecule has 0 aliphatic carbocycles. The van der Waals surface area contributed by atoms with Crippen LogP contribution in [0.25, 0.3) is 0 Å². The predicted octanol–water partition coefficient (Wildman–Crippen LogP) is 1.88.